The molecular weight excluding hydrogens is 1100 g/mol. The summed E-state index contributed by atoms with van der Waals surface area (Å²) in [7, 11) is 0. The van der Waals surface area contributed by atoms with Crippen LogP contribution in [0.2, 0.25) is 10.8 Å². The zero-order valence-electron chi connectivity index (χ0n) is 60.5. The molecule has 0 fully saturated rings. The first-order chi connectivity index (χ1) is 42.8. The van der Waals surface area contributed by atoms with Gasteiger partial charge in [0, 0.05) is 22.3 Å². The molecule has 0 unspecified atom stereocenters. The molecule has 1 aliphatic rings. The molecule has 3 rings (SSSR count). The van der Waals surface area contributed by atoms with E-state index in [2.05, 4.69) is 93.5 Å². The first-order valence-electron chi connectivity index (χ1n) is 39.6. The van der Waals surface area contributed by atoms with E-state index in [1.165, 1.54) is 354 Å². The van der Waals surface area contributed by atoms with Crippen LogP contribution in [-0.2, 0) is 53.0 Å². The molecule has 0 saturated carbocycles. The van der Waals surface area contributed by atoms with Crippen molar-refractivity contribution in [3.8, 4) is 0 Å². The average molecular weight is 1250 g/mol. The van der Waals surface area contributed by atoms with Crippen LogP contribution in [0.3, 0.4) is 0 Å². The quantitative estimate of drug-likeness (QED) is 0.0358. The third-order valence-corrected chi connectivity index (χ3v) is 20.6. The Labute approximate surface area is 552 Å². The summed E-state index contributed by atoms with van der Waals surface area (Å²) in [6, 6.07) is 10.3. The van der Waals surface area contributed by atoms with Crippen LogP contribution in [0, 0.1) is 0 Å². The van der Waals surface area contributed by atoms with Gasteiger partial charge < -0.3 is 5.53 Å². The van der Waals surface area contributed by atoms with Gasteiger partial charge in [-0.25, -0.2) is 4.70 Å². The first-order valence-corrected chi connectivity index (χ1v) is 41.0. The molecule has 2 aromatic rings. The predicted octanol–water partition coefficient (Wildman–Crippen LogP) is 29.7. The summed E-state index contributed by atoms with van der Waals surface area (Å²) in [5.74, 6) is 0. The number of aryl methyl sites for hydroxylation is 4. The van der Waals surface area contributed by atoms with Crippen molar-refractivity contribution in [1.82, 2.24) is 0 Å². The molecule has 0 N–H and O–H groups in total. The van der Waals surface area contributed by atoms with Gasteiger partial charge in [0.2, 0.25) is 11.4 Å². The molecule has 0 amide bonds. The molecule has 0 aromatic heterocycles. The van der Waals surface area contributed by atoms with Crippen LogP contribution in [0.25, 0.3) is 16.9 Å². The van der Waals surface area contributed by atoms with E-state index in [-0.39, 0.29) is 0 Å². The van der Waals surface area contributed by atoms with Gasteiger partial charge in [-0.1, -0.05) is 184 Å². The van der Waals surface area contributed by atoms with Crippen molar-refractivity contribution in [2.75, 3.05) is 0 Å². The summed E-state index contributed by atoms with van der Waals surface area (Å²) in [6.45, 7) is 23.3. The minimum absolute atomic E-state index is 1.05. The van der Waals surface area contributed by atoms with Gasteiger partial charge in [-0.2, -0.15) is 0 Å². The number of hydrogen-bond acceptors (Lipinski definition) is 0. The monoisotopic (exact) mass is 1250 g/mol. The summed E-state index contributed by atoms with van der Waals surface area (Å²) in [6.07, 6.45) is 73.9. The van der Waals surface area contributed by atoms with Gasteiger partial charge in [0.1, 0.15) is 0 Å². The number of nitrogens with zero attached hydrogens (tertiary/aromatic N) is 2. The molecule has 3 heteroatoms. The van der Waals surface area contributed by atoms with Crippen molar-refractivity contribution < 1.29 is 19.1 Å². The Morgan fingerprint density at radius 1 is 0.241 bits per heavy atom. The molecule has 2 nitrogen and oxygen atoms in total. The standard InChI is InChI=1S/C60H100N2.2C12H25.Ni/c1-9-17-25-31-37-49-45-53(46-50(38-32-26-18-10-2)55(49)41-23-15-7)59-57(43-35-29-21-13-5)58(44-36-30-22-14-6)60(62(59)61)54-47-51(39-33-27-19-11-3)56(42-24-16-8)52(48-54)40-34-28-20-12-4;2*1-3-5-7-9-11-12-10-8-6-4-2;/h45-48H,9-44H2,1-8H3;2*1,3-12H2,2H3;. The van der Waals surface area contributed by atoms with Gasteiger partial charge >= 0.3 is 167 Å². The maximum absolute atomic E-state index is 13.2. The van der Waals surface area contributed by atoms with Gasteiger partial charge in [-0.05, 0) is 160 Å². The Balaban J connectivity index is 0.000000864. The molecule has 0 bridgehead atoms. The fourth-order valence-corrected chi connectivity index (χ4v) is 14.9. The normalized spacial score (nSPS) is 12.6. The molecule has 506 valence electrons. The zero-order valence-corrected chi connectivity index (χ0v) is 61.5. The Morgan fingerprint density at radius 3 is 0.690 bits per heavy atom. The van der Waals surface area contributed by atoms with Crippen LogP contribution < -0.4 is 0 Å². The number of rotatable bonds is 60. The van der Waals surface area contributed by atoms with Crippen molar-refractivity contribution in [3.63, 3.8) is 0 Å². The molecule has 0 aliphatic carbocycles. The Bertz CT molecular complexity index is 1800. The van der Waals surface area contributed by atoms with Gasteiger partial charge in [0.05, 0.1) is 0 Å². The molecular formula is C84H150N2Ni. The number of allylic oxidation sites excluding steroid dienone is 2. The molecule has 87 heavy (non-hydrogen) atoms. The number of unbranched alkanes of at least 4 members (excludes halogenated alkanes) is 38. The van der Waals surface area contributed by atoms with E-state index < -0.39 is 0 Å². The van der Waals surface area contributed by atoms with E-state index >= 15 is 0 Å². The van der Waals surface area contributed by atoms with Crippen molar-refractivity contribution in [2.24, 2.45) is 0 Å². The van der Waals surface area contributed by atoms with Gasteiger partial charge in [0.25, 0.3) is 0 Å². The fourth-order valence-electron chi connectivity index (χ4n) is 13.7. The van der Waals surface area contributed by atoms with Crippen LogP contribution in [-0.4, -0.2) is 4.70 Å². The van der Waals surface area contributed by atoms with Gasteiger partial charge in [-0.3, -0.25) is 0 Å². The van der Waals surface area contributed by atoms with Crippen molar-refractivity contribution in [2.45, 2.75) is 440 Å². The van der Waals surface area contributed by atoms with Gasteiger partial charge in [-0.15, -0.1) is 0 Å². The van der Waals surface area contributed by atoms with Crippen molar-refractivity contribution in [3.05, 3.63) is 85.5 Å². The molecule has 1 heterocycles. The van der Waals surface area contributed by atoms with Gasteiger partial charge in [0.15, 0.2) is 0 Å². The van der Waals surface area contributed by atoms with E-state index in [1.54, 1.807) is 38.1 Å². The zero-order chi connectivity index (χ0) is 63.1. The van der Waals surface area contributed by atoms with E-state index in [4.69, 9.17) is 0 Å². The summed E-state index contributed by atoms with van der Waals surface area (Å²) in [4.78, 5) is 0. The fraction of sp³-hybridized carbons (Fsp3) is 0.810. The summed E-state index contributed by atoms with van der Waals surface area (Å²) in [5.41, 5.74) is 30.5. The van der Waals surface area contributed by atoms with Crippen LogP contribution in [0.15, 0.2) is 35.4 Å². The minimum atomic E-state index is 1.05. The Morgan fingerprint density at radius 2 is 0.448 bits per heavy atom. The van der Waals surface area contributed by atoms with Crippen LogP contribution in [0.4, 0.5) is 0 Å². The number of benzene rings is 2. The van der Waals surface area contributed by atoms with E-state index in [9.17, 15) is 5.53 Å². The summed E-state index contributed by atoms with van der Waals surface area (Å²) < 4.78 is 1.77. The average Bonchev–Trinajstić information content (AvgIpc) is 1.66. The van der Waals surface area contributed by atoms with E-state index in [0.717, 1.165) is 49.9 Å². The van der Waals surface area contributed by atoms with Crippen molar-refractivity contribution in [1.29, 1.82) is 0 Å². The molecule has 2 aromatic carbocycles. The molecule has 1 aliphatic heterocycles. The summed E-state index contributed by atoms with van der Waals surface area (Å²) in [5, 5.41) is 2.86. The third-order valence-electron chi connectivity index (χ3n) is 19.3. The second-order valence-corrected chi connectivity index (χ2v) is 28.9. The predicted molar refractivity (Wildman–Crippen MR) is 390 cm³/mol. The second-order valence-electron chi connectivity index (χ2n) is 27.4. The topological polar surface area (TPSA) is 25.3 Å². The van der Waals surface area contributed by atoms with Crippen molar-refractivity contribution >= 4 is 11.4 Å². The van der Waals surface area contributed by atoms with Crippen LogP contribution in [0.1, 0.15) is 435 Å². The maximum atomic E-state index is 13.2. The summed E-state index contributed by atoms with van der Waals surface area (Å²) >= 11 is 2.03. The SMILES string of the molecule is CCCCCCC1=C(c2cc(CCCCCC)c(CCCC)c(CCCCCC)c2)[N+](=[N-])C(c2cc(CCCCCC)c(CCCC)c(CCCCCC)c2)=C1CCCCCC.CCCCCCCCCCC[CH2][Ni][CH2]CCCCCCCCCCC. The first kappa shape index (κ1) is 81.1. The molecule has 0 saturated heterocycles. The molecule has 0 spiro atoms. The second kappa shape index (κ2) is 57.9. The van der Waals surface area contributed by atoms with E-state index in [0.29, 0.717) is 0 Å². The molecule has 0 atom stereocenters. The van der Waals surface area contributed by atoms with Crippen LogP contribution in [0.5, 0.6) is 0 Å². The van der Waals surface area contributed by atoms with E-state index in [1.807, 2.05) is 14.4 Å². The Kier molecular flexibility index (Phi) is 54.0. The molecule has 0 radical (unpaired) electrons. The number of hydrogen-bond donors (Lipinski definition) is 0. The van der Waals surface area contributed by atoms with Crippen LogP contribution >= 0.6 is 0 Å². The Hall–Kier alpha value is -1.99. The third kappa shape index (κ3) is 36.7.